The lowest BCUT2D eigenvalue weighted by Gasteiger charge is -2.33. The summed E-state index contributed by atoms with van der Waals surface area (Å²) in [5, 5.41) is 6.34. The molecular formula is C39H52F3N7O3. The zero-order valence-corrected chi connectivity index (χ0v) is 30.7. The molecule has 1 amide bonds. The summed E-state index contributed by atoms with van der Waals surface area (Å²) >= 11 is 0. The summed E-state index contributed by atoms with van der Waals surface area (Å²) in [7, 11) is 3.75. The fourth-order valence-corrected chi connectivity index (χ4v) is 5.51. The summed E-state index contributed by atoms with van der Waals surface area (Å²) < 4.78 is 42.3. The number of benzene rings is 2. The Morgan fingerprint density at radius 3 is 2.10 bits per heavy atom. The van der Waals surface area contributed by atoms with Gasteiger partial charge in [0.25, 0.3) is 0 Å². The van der Waals surface area contributed by atoms with Crippen LogP contribution < -0.4 is 11.2 Å². The Hall–Kier alpha value is -4.72. The summed E-state index contributed by atoms with van der Waals surface area (Å²) in [6.07, 6.45) is 13.4. The minimum Gasteiger partial charge on any atom is -0.342 e. The zero-order chi connectivity index (χ0) is 38.4. The molecule has 0 radical (unpaired) electrons. The predicted octanol–water partition coefficient (Wildman–Crippen LogP) is 6.21. The highest BCUT2D eigenvalue weighted by molar-refractivity contribution is 6.08. The van der Waals surface area contributed by atoms with Crippen molar-refractivity contribution in [2.45, 2.75) is 58.2 Å². The van der Waals surface area contributed by atoms with E-state index < -0.39 is 12.2 Å². The molecule has 2 aromatic carbocycles. The van der Waals surface area contributed by atoms with Crippen molar-refractivity contribution in [3.8, 4) is 11.4 Å². The Bertz CT molecular complexity index is 1540. The van der Waals surface area contributed by atoms with Gasteiger partial charge in [-0.15, -0.1) is 0 Å². The van der Waals surface area contributed by atoms with E-state index in [1.54, 1.807) is 41.6 Å². The number of carbonyl (C=O) groups is 2. The van der Waals surface area contributed by atoms with E-state index in [4.69, 9.17) is 5.84 Å². The van der Waals surface area contributed by atoms with Crippen molar-refractivity contribution in [1.82, 2.24) is 25.1 Å². The van der Waals surface area contributed by atoms with Crippen molar-refractivity contribution in [2.24, 2.45) is 10.9 Å². The molecule has 3 heterocycles. The molecule has 2 fully saturated rings. The molecule has 0 saturated carbocycles. The van der Waals surface area contributed by atoms with E-state index in [1.165, 1.54) is 17.7 Å². The molecule has 2 aliphatic heterocycles. The average Bonchev–Trinajstić information content (AvgIpc) is 3.57. The first-order valence-electron chi connectivity index (χ1n) is 17.2. The second-order valence-corrected chi connectivity index (χ2v) is 12.1. The number of halogens is 3. The van der Waals surface area contributed by atoms with E-state index >= 15 is 0 Å². The van der Waals surface area contributed by atoms with Gasteiger partial charge in [0.1, 0.15) is 11.4 Å². The third-order valence-electron chi connectivity index (χ3n) is 8.23. The summed E-state index contributed by atoms with van der Waals surface area (Å²) in [4.78, 5) is 36.1. The number of amides is 1. The standard InChI is InChI=1S/C23H26F2N4O3.C10H11FN2.C4H8.C2H7N/c24-22(25)32-23(16-30)8-13-28(15-23)14-20(31)29-11-6-18(7-12-29)17-2-4-19(5-3-17)21-26-9-1-10-27-21;1-2-3-10(13-12)8-4-6-9(11)7-5-8;1-3-4-2;1-3-2/h1-5,9-10,16,18,22H,6-8,11-15H2;2-7H,12H2,1H3;3-4H,1-2H3;3H,1-2H3/b;3-2+,13-10+;4-3-;. The topological polar surface area (TPSA) is 126 Å². The van der Waals surface area contributed by atoms with Crippen LogP contribution in [0.2, 0.25) is 0 Å². The molecule has 0 bridgehead atoms. The van der Waals surface area contributed by atoms with Crippen LogP contribution in [-0.2, 0) is 14.3 Å². The summed E-state index contributed by atoms with van der Waals surface area (Å²) in [5.74, 6) is 5.93. The van der Waals surface area contributed by atoms with E-state index in [9.17, 15) is 22.8 Å². The number of aromatic nitrogens is 2. The van der Waals surface area contributed by atoms with E-state index in [0.29, 0.717) is 43.4 Å². The maximum absolute atomic E-state index is 12.7. The number of nitrogens with one attached hydrogen (secondary N) is 1. The fraction of sp³-hybridized carbons (Fsp3) is 0.410. The monoisotopic (exact) mass is 723 g/mol. The minimum absolute atomic E-state index is 0.0144. The van der Waals surface area contributed by atoms with Gasteiger partial charge >= 0.3 is 6.61 Å². The minimum atomic E-state index is -3.01. The van der Waals surface area contributed by atoms with Crippen molar-refractivity contribution in [3.05, 3.63) is 108 Å². The van der Waals surface area contributed by atoms with Crippen LogP contribution in [0.1, 0.15) is 57.1 Å². The van der Waals surface area contributed by atoms with Gasteiger partial charge in [-0.25, -0.2) is 14.4 Å². The number of hydrogen-bond donors (Lipinski definition) is 2. The van der Waals surface area contributed by atoms with Gasteiger partial charge in [0, 0.05) is 49.7 Å². The third kappa shape index (κ3) is 14.5. The van der Waals surface area contributed by atoms with E-state index in [-0.39, 0.29) is 31.2 Å². The Balaban J connectivity index is 0.000000386. The van der Waals surface area contributed by atoms with Crippen LogP contribution in [0.25, 0.3) is 11.4 Å². The molecule has 13 heteroatoms. The van der Waals surface area contributed by atoms with Gasteiger partial charge in [0.2, 0.25) is 5.91 Å². The lowest BCUT2D eigenvalue weighted by atomic mass is 9.89. The number of nitrogens with two attached hydrogens (primary N) is 1. The molecule has 2 saturated heterocycles. The molecule has 1 aromatic heterocycles. The quantitative estimate of drug-likeness (QED) is 0.0878. The second kappa shape index (κ2) is 23.7. The molecule has 0 spiro atoms. The number of allylic oxidation sites excluding steroid dienone is 4. The SMILES string of the molecule is C/C=C/C(=N\N)c1ccc(F)cc1.C/C=C\C.CNC.O=CC1(OC(F)F)CCN(CC(=O)N2CCC(c3ccc(-c4ncccn4)cc3)CC2)C1. The number of hydrogen-bond acceptors (Lipinski definition) is 9. The lowest BCUT2D eigenvalue weighted by Crippen LogP contribution is -2.45. The first-order valence-corrected chi connectivity index (χ1v) is 17.2. The Labute approximate surface area is 305 Å². The van der Waals surface area contributed by atoms with Gasteiger partial charge in [-0.3, -0.25) is 9.69 Å². The number of aldehydes is 1. The molecule has 5 rings (SSSR count). The first kappa shape index (κ1) is 43.4. The number of nitrogens with zero attached hydrogens (tertiary/aromatic N) is 5. The number of piperidine rings is 1. The number of likely N-dealkylation sites (tertiary alicyclic amines) is 2. The molecule has 3 aromatic rings. The van der Waals surface area contributed by atoms with Crippen molar-refractivity contribution in [3.63, 3.8) is 0 Å². The molecule has 52 heavy (non-hydrogen) atoms. The van der Waals surface area contributed by atoms with E-state index in [0.717, 1.165) is 24.0 Å². The van der Waals surface area contributed by atoms with Crippen molar-refractivity contribution >= 4 is 17.9 Å². The summed E-state index contributed by atoms with van der Waals surface area (Å²) in [6, 6.07) is 16.1. The third-order valence-corrected chi connectivity index (χ3v) is 8.23. The Morgan fingerprint density at radius 1 is 1.00 bits per heavy atom. The molecular weight excluding hydrogens is 671 g/mol. The summed E-state index contributed by atoms with van der Waals surface area (Å²) in [6.45, 7) is 4.66. The molecule has 1 unspecified atom stereocenters. The second-order valence-electron chi connectivity index (χ2n) is 12.1. The smallest absolute Gasteiger partial charge is 0.342 e. The van der Waals surface area contributed by atoms with Crippen molar-refractivity contribution < 1.29 is 27.5 Å². The molecule has 282 valence electrons. The van der Waals surface area contributed by atoms with Gasteiger partial charge in [-0.2, -0.15) is 13.9 Å². The van der Waals surface area contributed by atoms with Gasteiger partial charge < -0.3 is 25.6 Å². The van der Waals surface area contributed by atoms with Crippen molar-refractivity contribution in [1.29, 1.82) is 0 Å². The molecule has 0 aliphatic carbocycles. The normalized spacial score (nSPS) is 17.9. The van der Waals surface area contributed by atoms with Crippen LogP contribution >= 0.6 is 0 Å². The maximum atomic E-state index is 12.7. The van der Waals surface area contributed by atoms with Gasteiger partial charge in [0.15, 0.2) is 12.1 Å². The van der Waals surface area contributed by atoms with Crippen LogP contribution in [-0.4, -0.2) is 96.7 Å². The first-order chi connectivity index (χ1) is 25.1. The van der Waals surface area contributed by atoms with Crippen LogP contribution in [0.15, 0.2) is 96.4 Å². The fourth-order valence-electron chi connectivity index (χ4n) is 5.51. The molecule has 10 nitrogen and oxygen atoms in total. The highest BCUT2D eigenvalue weighted by Gasteiger charge is 2.42. The average molecular weight is 724 g/mol. The van der Waals surface area contributed by atoms with Gasteiger partial charge in [-0.1, -0.05) is 42.5 Å². The summed E-state index contributed by atoms with van der Waals surface area (Å²) in [5.41, 5.74) is 2.13. The number of rotatable bonds is 9. The predicted molar refractivity (Wildman–Crippen MR) is 200 cm³/mol. The number of carbonyl (C=O) groups excluding carboxylic acids is 2. The van der Waals surface area contributed by atoms with Crippen LogP contribution in [0, 0.1) is 5.82 Å². The van der Waals surface area contributed by atoms with Crippen LogP contribution in [0.4, 0.5) is 13.2 Å². The lowest BCUT2D eigenvalue weighted by molar-refractivity contribution is -0.198. The molecule has 3 N–H and O–H groups in total. The van der Waals surface area contributed by atoms with E-state index in [1.807, 2.05) is 70.1 Å². The number of hydrazone groups is 1. The number of alkyl halides is 2. The highest BCUT2D eigenvalue weighted by atomic mass is 19.3. The van der Waals surface area contributed by atoms with Crippen LogP contribution in [0.5, 0.6) is 0 Å². The number of ether oxygens (including phenoxy) is 1. The zero-order valence-electron chi connectivity index (χ0n) is 30.7. The molecule has 2 aliphatic rings. The maximum Gasteiger partial charge on any atom is 0.346 e. The van der Waals surface area contributed by atoms with Gasteiger partial charge in [0.05, 0.1) is 12.3 Å². The molecule has 1 atom stereocenters. The van der Waals surface area contributed by atoms with Crippen LogP contribution in [0.3, 0.4) is 0 Å². The Morgan fingerprint density at radius 2 is 1.60 bits per heavy atom. The van der Waals surface area contributed by atoms with Crippen molar-refractivity contribution in [2.75, 3.05) is 46.8 Å². The largest absolute Gasteiger partial charge is 0.346 e. The van der Waals surface area contributed by atoms with Gasteiger partial charge in [-0.05, 0) is 102 Å². The highest BCUT2D eigenvalue weighted by Crippen LogP contribution is 2.30. The Kier molecular flexibility index (Phi) is 19.8. The van der Waals surface area contributed by atoms with E-state index in [2.05, 4.69) is 37.3 Å².